The summed E-state index contributed by atoms with van der Waals surface area (Å²) in [6.07, 6.45) is 0. The van der Waals surface area contributed by atoms with E-state index in [-0.39, 0.29) is 5.04 Å². The molecule has 0 saturated heterocycles. The summed E-state index contributed by atoms with van der Waals surface area (Å²) in [5.41, 5.74) is 10.4. The maximum atomic E-state index is 2.67. The topological polar surface area (TPSA) is 0 Å². The van der Waals surface area contributed by atoms with Crippen LogP contribution in [0.1, 0.15) is 49.9 Å². The minimum absolute atomic E-state index is 0.0139. The molecule has 0 nitrogen and oxygen atoms in total. The van der Waals surface area contributed by atoms with E-state index >= 15 is 0 Å². The second kappa shape index (κ2) is 10.6. The first kappa shape index (κ1) is 30.3. The van der Waals surface area contributed by atoms with Gasteiger partial charge < -0.3 is 0 Å². The van der Waals surface area contributed by atoms with E-state index in [9.17, 15) is 0 Å². The molecule has 3 heteroatoms. The summed E-state index contributed by atoms with van der Waals surface area (Å²) >= 11 is -1.49. The van der Waals surface area contributed by atoms with Gasteiger partial charge in [0.15, 0.2) is 0 Å². The van der Waals surface area contributed by atoms with Crippen LogP contribution in [0.5, 0.6) is 0 Å². The Morgan fingerprint density at radius 1 is 0.615 bits per heavy atom. The Kier molecular flexibility index (Phi) is 8.22. The summed E-state index contributed by atoms with van der Waals surface area (Å²) in [7, 11) is -4.21. The predicted molar refractivity (Wildman–Crippen MR) is 177 cm³/mol. The van der Waals surface area contributed by atoms with Crippen LogP contribution in [0.15, 0.2) is 81.3 Å². The van der Waals surface area contributed by atoms with Gasteiger partial charge in [0.1, 0.15) is 0 Å². The summed E-state index contributed by atoms with van der Waals surface area (Å²) in [4.78, 5) is 0. The zero-order valence-electron chi connectivity index (χ0n) is 26.8. The van der Waals surface area contributed by atoms with Gasteiger partial charge in [-0.2, -0.15) is 0 Å². The number of hydrogen-bond acceptors (Lipinski definition) is 0. The minimum atomic E-state index is -2.67. The van der Waals surface area contributed by atoms with Gasteiger partial charge in [-0.3, -0.25) is 0 Å². The van der Waals surface area contributed by atoms with E-state index in [2.05, 4.69) is 146 Å². The normalized spacial score (nSPS) is 19.5. The molecule has 0 saturated carbocycles. The van der Waals surface area contributed by atoms with Crippen LogP contribution in [0.25, 0.3) is 0 Å². The van der Waals surface area contributed by atoms with Gasteiger partial charge >= 0.3 is 249 Å². The van der Waals surface area contributed by atoms with Gasteiger partial charge in [-0.05, 0) is 0 Å². The third-order valence-electron chi connectivity index (χ3n) is 9.94. The fraction of sp³-hybridized carbons (Fsp3) is 0.389. The third kappa shape index (κ3) is 4.70. The van der Waals surface area contributed by atoms with Crippen molar-refractivity contribution in [3.05, 3.63) is 104 Å². The Balaban J connectivity index is 2.36. The molecule has 205 valence electrons. The first-order valence-corrected chi connectivity index (χ1v) is 24.0. The van der Waals surface area contributed by atoms with E-state index in [1.165, 1.54) is 27.8 Å². The number of allylic oxidation sites excluding steroid dienone is 4. The molecule has 0 bridgehead atoms. The van der Waals surface area contributed by atoms with Crippen molar-refractivity contribution in [1.29, 1.82) is 0 Å². The Morgan fingerprint density at radius 2 is 1.13 bits per heavy atom. The van der Waals surface area contributed by atoms with Crippen LogP contribution in [0.2, 0.25) is 35.1 Å². The zero-order chi connectivity index (χ0) is 29.1. The molecule has 0 radical (unpaired) electrons. The number of aryl methyl sites for hydroxylation is 3. The van der Waals surface area contributed by atoms with Gasteiger partial charge in [-0.1, -0.05) is 0 Å². The van der Waals surface area contributed by atoms with E-state index in [4.69, 9.17) is 0 Å². The van der Waals surface area contributed by atoms with Gasteiger partial charge in [0.05, 0.1) is 0 Å². The molecule has 0 amide bonds. The first-order valence-electron chi connectivity index (χ1n) is 14.5. The molecule has 0 aromatic heterocycles. The van der Waals surface area contributed by atoms with Crippen LogP contribution >= 0.6 is 0 Å². The third-order valence-corrected chi connectivity index (χ3v) is 20.9. The second-order valence-corrected chi connectivity index (χ2v) is 26.8. The SMILES string of the molecule is CC1=C(C)C(C)([Si](c2ccccc2)(c2cc(C)cc([Si](C)(C)C)c2)c2cc(C)c(C)c(C)c2)[C]([Ti]([CH3])[CH3])=C1C. The van der Waals surface area contributed by atoms with E-state index in [1.54, 1.807) is 35.8 Å². The fourth-order valence-corrected chi connectivity index (χ4v) is 20.5. The maximum absolute atomic E-state index is 2.67. The van der Waals surface area contributed by atoms with E-state index < -0.39 is 34.0 Å². The summed E-state index contributed by atoms with van der Waals surface area (Å²) in [5.74, 6) is 0. The number of hydrogen-bond donors (Lipinski definition) is 0. The van der Waals surface area contributed by atoms with Crippen LogP contribution in [0, 0.1) is 27.7 Å². The van der Waals surface area contributed by atoms with Crippen molar-refractivity contribution in [3.8, 4) is 0 Å². The van der Waals surface area contributed by atoms with Crippen LogP contribution in [-0.2, 0) is 17.9 Å². The molecule has 2 atom stereocenters. The van der Waals surface area contributed by atoms with Gasteiger partial charge in [0, 0.05) is 0 Å². The number of rotatable bonds is 6. The summed E-state index contributed by atoms with van der Waals surface area (Å²) in [6.45, 7) is 26.7. The molecule has 2 unspecified atom stereocenters. The molecule has 4 rings (SSSR count). The van der Waals surface area contributed by atoms with E-state index in [1.807, 2.05) is 0 Å². The Morgan fingerprint density at radius 3 is 1.64 bits per heavy atom. The molecule has 1 aliphatic carbocycles. The second-order valence-electron chi connectivity index (χ2n) is 13.6. The fourth-order valence-electron chi connectivity index (χ4n) is 7.49. The van der Waals surface area contributed by atoms with Crippen LogP contribution in [-0.4, -0.2) is 16.1 Å². The Hall–Kier alpha value is -1.71. The van der Waals surface area contributed by atoms with Gasteiger partial charge in [0.25, 0.3) is 0 Å². The average molecular weight is 586 g/mol. The van der Waals surface area contributed by atoms with E-state index in [0.717, 1.165) is 0 Å². The average Bonchev–Trinajstić information content (AvgIpc) is 3.03. The molecule has 0 aliphatic heterocycles. The van der Waals surface area contributed by atoms with Crippen LogP contribution in [0.4, 0.5) is 0 Å². The molecule has 0 fully saturated rings. The summed E-state index contributed by atoms with van der Waals surface area (Å²) in [6, 6.07) is 24.6. The molecular weight excluding hydrogens is 536 g/mol. The van der Waals surface area contributed by atoms with Crippen LogP contribution < -0.4 is 20.7 Å². The molecule has 39 heavy (non-hydrogen) atoms. The molecule has 0 spiro atoms. The van der Waals surface area contributed by atoms with Gasteiger partial charge in [-0.15, -0.1) is 0 Å². The molecule has 0 heterocycles. The molecular formula is C36H49Si2Ti. The summed E-state index contributed by atoms with van der Waals surface area (Å²) < 4.78 is 1.81. The van der Waals surface area contributed by atoms with Crippen molar-refractivity contribution in [2.24, 2.45) is 0 Å². The van der Waals surface area contributed by atoms with E-state index in [0.29, 0.717) is 0 Å². The first-order chi connectivity index (χ1) is 18.1. The van der Waals surface area contributed by atoms with Crippen molar-refractivity contribution in [2.75, 3.05) is 0 Å². The monoisotopic (exact) mass is 585 g/mol. The Bertz CT molecular complexity index is 1460. The molecule has 3 aromatic rings. The standard InChI is InChI=1S/C34H43Si2.2CH3.Ti/c1-23-17-31(35(9,10)11)21-32(18-23)36(30-15-13-12-14-16-30,33-19-24(2)27(5)25(3)20-33)34(8)22-26(4)28(6)29(34)7;;;/h12-21H,1-11H3;2*1H3;. The Labute approximate surface area is 247 Å². The van der Waals surface area contributed by atoms with Crippen molar-refractivity contribution in [3.63, 3.8) is 0 Å². The predicted octanol–water partition coefficient (Wildman–Crippen LogP) is 8.03. The number of benzene rings is 3. The quantitative estimate of drug-likeness (QED) is 0.203. The van der Waals surface area contributed by atoms with Crippen molar-refractivity contribution in [1.82, 2.24) is 0 Å². The molecule has 1 aliphatic rings. The summed E-state index contributed by atoms with van der Waals surface area (Å²) in [5, 5.41) is 11.4. The van der Waals surface area contributed by atoms with Gasteiger partial charge in [-0.25, -0.2) is 0 Å². The van der Waals surface area contributed by atoms with Gasteiger partial charge in [0.2, 0.25) is 0 Å². The van der Waals surface area contributed by atoms with Crippen molar-refractivity contribution >= 4 is 36.9 Å². The van der Waals surface area contributed by atoms with Crippen molar-refractivity contribution < 1.29 is 17.9 Å². The zero-order valence-corrected chi connectivity index (χ0v) is 30.3. The van der Waals surface area contributed by atoms with Crippen LogP contribution in [0.3, 0.4) is 0 Å². The molecule has 0 N–H and O–H groups in total. The van der Waals surface area contributed by atoms with Crippen molar-refractivity contribution in [2.45, 2.75) is 90.5 Å². The molecule has 3 aromatic carbocycles.